The van der Waals surface area contributed by atoms with Crippen molar-refractivity contribution in [3.8, 4) is 5.88 Å². The number of rotatable bonds is 5. The van der Waals surface area contributed by atoms with Crippen molar-refractivity contribution in [3.05, 3.63) is 23.9 Å². The van der Waals surface area contributed by atoms with E-state index in [1.165, 1.54) is 0 Å². The van der Waals surface area contributed by atoms with Gasteiger partial charge in [-0.3, -0.25) is 4.79 Å². The normalized spacial score (nSPS) is 11.1. The van der Waals surface area contributed by atoms with E-state index in [1.54, 1.807) is 13.2 Å². The molecule has 0 aliphatic rings. The summed E-state index contributed by atoms with van der Waals surface area (Å²) in [7, 11) is 1.58. The summed E-state index contributed by atoms with van der Waals surface area (Å²) in [6.45, 7) is 6.67. The fraction of sp³-hybridized carbons (Fsp3) is 0.538. The molecule has 1 heterocycles. The van der Waals surface area contributed by atoms with Gasteiger partial charge < -0.3 is 15.4 Å². The molecule has 0 spiro atoms. The van der Waals surface area contributed by atoms with E-state index in [4.69, 9.17) is 4.74 Å². The second kappa shape index (κ2) is 6.35. The van der Waals surface area contributed by atoms with Gasteiger partial charge in [-0.2, -0.15) is 0 Å². The largest absolute Gasteiger partial charge is 0.481 e. The van der Waals surface area contributed by atoms with Crippen LogP contribution in [0.5, 0.6) is 5.88 Å². The van der Waals surface area contributed by atoms with Crippen molar-refractivity contribution in [2.75, 3.05) is 13.7 Å². The minimum atomic E-state index is -0.201. The van der Waals surface area contributed by atoms with Gasteiger partial charge in [-0.1, -0.05) is 6.07 Å². The smallest absolute Gasteiger partial charge is 0.234 e. The number of methoxy groups -OCH3 is 1. The average molecular weight is 251 g/mol. The first-order valence-electron chi connectivity index (χ1n) is 5.92. The standard InChI is InChI=1S/C13H21N3O2/c1-13(2,3)16-11(17)9-14-8-10-6-5-7-12(15-10)18-4/h5-7,14H,8-9H2,1-4H3,(H,16,17). The molecule has 5 heteroatoms. The number of hydrogen-bond donors (Lipinski definition) is 2. The molecule has 0 saturated carbocycles. The summed E-state index contributed by atoms with van der Waals surface area (Å²) in [4.78, 5) is 15.8. The Balaban J connectivity index is 2.35. The Morgan fingerprint density at radius 2 is 2.11 bits per heavy atom. The molecule has 1 rings (SSSR count). The van der Waals surface area contributed by atoms with Crippen LogP contribution >= 0.6 is 0 Å². The lowest BCUT2D eigenvalue weighted by Gasteiger charge is -2.20. The van der Waals surface area contributed by atoms with Crippen molar-refractivity contribution in [2.45, 2.75) is 32.9 Å². The number of carbonyl (C=O) groups excluding carboxylic acids is 1. The molecule has 0 aliphatic heterocycles. The number of nitrogens with zero attached hydrogens (tertiary/aromatic N) is 1. The van der Waals surface area contributed by atoms with Gasteiger partial charge in [0, 0.05) is 18.2 Å². The monoisotopic (exact) mass is 251 g/mol. The number of pyridine rings is 1. The number of nitrogens with one attached hydrogen (secondary N) is 2. The Morgan fingerprint density at radius 3 is 2.72 bits per heavy atom. The van der Waals surface area contributed by atoms with E-state index >= 15 is 0 Å². The molecule has 0 aliphatic carbocycles. The van der Waals surface area contributed by atoms with E-state index in [2.05, 4.69) is 15.6 Å². The first kappa shape index (κ1) is 14.4. The molecule has 0 unspecified atom stereocenters. The van der Waals surface area contributed by atoms with Crippen molar-refractivity contribution in [1.29, 1.82) is 0 Å². The summed E-state index contributed by atoms with van der Waals surface area (Å²) in [6, 6.07) is 5.55. The van der Waals surface area contributed by atoms with Crippen LogP contribution in [0, 0.1) is 0 Å². The van der Waals surface area contributed by atoms with Crippen LogP contribution < -0.4 is 15.4 Å². The average Bonchev–Trinajstić information content (AvgIpc) is 2.27. The van der Waals surface area contributed by atoms with Gasteiger partial charge in [0.2, 0.25) is 11.8 Å². The number of aromatic nitrogens is 1. The molecule has 1 aromatic heterocycles. The van der Waals surface area contributed by atoms with E-state index in [0.717, 1.165) is 5.69 Å². The third kappa shape index (κ3) is 5.63. The van der Waals surface area contributed by atoms with Crippen molar-refractivity contribution < 1.29 is 9.53 Å². The summed E-state index contributed by atoms with van der Waals surface area (Å²) >= 11 is 0. The molecule has 0 aromatic carbocycles. The Kier molecular flexibility index (Phi) is 5.09. The maximum atomic E-state index is 11.6. The Labute approximate surface area is 108 Å². The van der Waals surface area contributed by atoms with Gasteiger partial charge in [0.15, 0.2) is 0 Å². The maximum Gasteiger partial charge on any atom is 0.234 e. The van der Waals surface area contributed by atoms with Crippen molar-refractivity contribution in [1.82, 2.24) is 15.6 Å². The number of amides is 1. The first-order valence-corrected chi connectivity index (χ1v) is 5.92. The number of ether oxygens (including phenoxy) is 1. The molecule has 18 heavy (non-hydrogen) atoms. The van der Waals surface area contributed by atoms with Crippen LogP contribution in [0.25, 0.3) is 0 Å². The zero-order valence-corrected chi connectivity index (χ0v) is 11.4. The van der Waals surface area contributed by atoms with Gasteiger partial charge in [0.05, 0.1) is 19.3 Å². The molecule has 0 bridgehead atoms. The first-order chi connectivity index (χ1) is 8.40. The molecule has 0 radical (unpaired) electrons. The van der Waals surface area contributed by atoms with E-state index in [0.29, 0.717) is 12.4 Å². The predicted octanol–water partition coefficient (Wildman–Crippen LogP) is 1.09. The molecule has 1 aromatic rings. The molecule has 0 fully saturated rings. The highest BCUT2D eigenvalue weighted by atomic mass is 16.5. The van der Waals surface area contributed by atoms with Crippen molar-refractivity contribution >= 4 is 5.91 Å². The SMILES string of the molecule is COc1cccc(CNCC(=O)NC(C)(C)C)n1. The van der Waals surface area contributed by atoms with Gasteiger partial charge in [-0.05, 0) is 26.8 Å². The molecule has 0 saturated heterocycles. The fourth-order valence-electron chi connectivity index (χ4n) is 1.44. The van der Waals surface area contributed by atoms with Crippen molar-refractivity contribution in [2.24, 2.45) is 0 Å². The zero-order valence-electron chi connectivity index (χ0n) is 11.4. The highest BCUT2D eigenvalue weighted by Crippen LogP contribution is 2.06. The second-order valence-corrected chi connectivity index (χ2v) is 5.07. The lowest BCUT2D eigenvalue weighted by molar-refractivity contribution is -0.121. The third-order valence-electron chi connectivity index (χ3n) is 2.10. The summed E-state index contributed by atoms with van der Waals surface area (Å²) in [6.07, 6.45) is 0. The van der Waals surface area contributed by atoms with Crippen LogP contribution in [0.4, 0.5) is 0 Å². The second-order valence-electron chi connectivity index (χ2n) is 5.07. The topological polar surface area (TPSA) is 63.2 Å². The molecule has 2 N–H and O–H groups in total. The van der Waals surface area contributed by atoms with Crippen LogP contribution in [0.3, 0.4) is 0 Å². The molecule has 0 atom stereocenters. The summed E-state index contributed by atoms with van der Waals surface area (Å²) in [5.74, 6) is 0.554. The number of carbonyl (C=O) groups is 1. The third-order valence-corrected chi connectivity index (χ3v) is 2.10. The lowest BCUT2D eigenvalue weighted by atomic mass is 10.1. The highest BCUT2D eigenvalue weighted by Gasteiger charge is 2.12. The maximum absolute atomic E-state index is 11.6. The van der Waals surface area contributed by atoms with Gasteiger partial charge in [-0.15, -0.1) is 0 Å². The minimum Gasteiger partial charge on any atom is -0.481 e. The Morgan fingerprint density at radius 1 is 1.39 bits per heavy atom. The minimum absolute atomic E-state index is 0.0228. The van der Waals surface area contributed by atoms with E-state index in [-0.39, 0.29) is 18.0 Å². The van der Waals surface area contributed by atoms with Crippen molar-refractivity contribution in [3.63, 3.8) is 0 Å². The summed E-state index contributed by atoms with van der Waals surface area (Å²) < 4.78 is 5.03. The van der Waals surface area contributed by atoms with Gasteiger partial charge in [0.25, 0.3) is 0 Å². The Hall–Kier alpha value is -1.62. The molecular weight excluding hydrogens is 230 g/mol. The van der Waals surface area contributed by atoms with E-state index < -0.39 is 0 Å². The van der Waals surface area contributed by atoms with Crippen LogP contribution in [0.1, 0.15) is 26.5 Å². The van der Waals surface area contributed by atoms with Crippen LogP contribution in [0.2, 0.25) is 0 Å². The van der Waals surface area contributed by atoms with Crippen LogP contribution in [-0.4, -0.2) is 30.1 Å². The molecular formula is C13H21N3O2. The van der Waals surface area contributed by atoms with Gasteiger partial charge in [0.1, 0.15) is 0 Å². The van der Waals surface area contributed by atoms with Crippen LogP contribution in [-0.2, 0) is 11.3 Å². The predicted molar refractivity (Wildman–Crippen MR) is 70.4 cm³/mol. The zero-order chi connectivity index (χ0) is 13.6. The van der Waals surface area contributed by atoms with E-state index in [1.807, 2.05) is 32.9 Å². The van der Waals surface area contributed by atoms with Gasteiger partial charge in [-0.25, -0.2) is 4.98 Å². The fourth-order valence-corrected chi connectivity index (χ4v) is 1.44. The number of hydrogen-bond acceptors (Lipinski definition) is 4. The summed E-state index contributed by atoms with van der Waals surface area (Å²) in [5, 5.41) is 5.93. The lowest BCUT2D eigenvalue weighted by Crippen LogP contribution is -2.44. The molecule has 1 amide bonds. The van der Waals surface area contributed by atoms with E-state index in [9.17, 15) is 4.79 Å². The summed E-state index contributed by atoms with van der Waals surface area (Å²) in [5.41, 5.74) is 0.644. The quantitative estimate of drug-likeness (QED) is 0.822. The van der Waals surface area contributed by atoms with Crippen LogP contribution in [0.15, 0.2) is 18.2 Å². The molecule has 5 nitrogen and oxygen atoms in total. The van der Waals surface area contributed by atoms with Gasteiger partial charge >= 0.3 is 0 Å². The highest BCUT2D eigenvalue weighted by molar-refractivity contribution is 5.78. The molecule has 100 valence electrons. The Bertz CT molecular complexity index is 399.